The molecule has 0 fully saturated rings. The van der Waals surface area contributed by atoms with Crippen molar-refractivity contribution >= 4 is 33.2 Å². The number of hydrogen-bond donors (Lipinski definition) is 0. The second kappa shape index (κ2) is 2.98. The normalized spacial score (nSPS) is 11.5. The monoisotopic (exact) mass is 222 g/mol. The first-order chi connectivity index (χ1) is 8.42. The van der Waals surface area contributed by atoms with Gasteiger partial charge in [0, 0.05) is 24.0 Å². The maximum Gasteiger partial charge on any atom is 0.247 e. The van der Waals surface area contributed by atoms with Crippen molar-refractivity contribution in [2.24, 2.45) is 0 Å². The molecule has 0 aliphatic heterocycles. The second-order valence-electron chi connectivity index (χ2n) is 3.72. The average Bonchev–Trinajstić information content (AvgIpc) is 2.73. The first-order valence-corrected chi connectivity index (χ1v) is 5.16. The van der Waals surface area contributed by atoms with E-state index >= 15 is 0 Å². The summed E-state index contributed by atoms with van der Waals surface area (Å²) in [5.74, 6) is 0. The molecule has 0 aliphatic rings. The third kappa shape index (κ3) is 1.13. The molecule has 0 unspecified atom stereocenters. The van der Waals surface area contributed by atoms with Crippen LogP contribution in [0, 0.1) is 0 Å². The molecule has 0 spiro atoms. The lowest BCUT2D eigenvalue weighted by Gasteiger charge is -1.94. The number of fused-ring (bicyclic) bond motifs is 4. The summed E-state index contributed by atoms with van der Waals surface area (Å²) in [6, 6.07) is 3.83. The van der Waals surface area contributed by atoms with Crippen LogP contribution in [0.15, 0.2) is 41.3 Å². The number of nitrogens with zero attached hydrogens (tertiary/aromatic N) is 4. The van der Waals surface area contributed by atoms with E-state index in [0.29, 0.717) is 16.8 Å². The van der Waals surface area contributed by atoms with E-state index in [1.54, 1.807) is 24.8 Å². The van der Waals surface area contributed by atoms with Gasteiger partial charge in [0.1, 0.15) is 5.52 Å². The quantitative estimate of drug-likeness (QED) is 0.456. The molecule has 0 saturated carbocycles. The number of aromatic nitrogens is 4. The van der Waals surface area contributed by atoms with Crippen LogP contribution in [-0.2, 0) is 0 Å². The Morgan fingerprint density at radius 3 is 2.94 bits per heavy atom. The van der Waals surface area contributed by atoms with Gasteiger partial charge in [0.05, 0.1) is 11.7 Å². The van der Waals surface area contributed by atoms with Crippen molar-refractivity contribution in [2.45, 2.75) is 0 Å². The van der Waals surface area contributed by atoms with Crippen molar-refractivity contribution in [3.05, 3.63) is 36.9 Å². The maximum atomic E-state index is 5.60. The van der Waals surface area contributed by atoms with E-state index in [9.17, 15) is 0 Å². The molecule has 4 aromatic rings. The Bertz CT molecular complexity index is 847. The van der Waals surface area contributed by atoms with Crippen LogP contribution in [0.5, 0.6) is 0 Å². The van der Waals surface area contributed by atoms with E-state index in [2.05, 4.69) is 19.9 Å². The van der Waals surface area contributed by atoms with Crippen molar-refractivity contribution in [3.8, 4) is 0 Å². The SMILES string of the molecule is c1cc2cc3oc4nccnc4c3nc2cn1. The van der Waals surface area contributed by atoms with Crippen LogP contribution in [-0.4, -0.2) is 19.9 Å². The molecule has 5 heteroatoms. The topological polar surface area (TPSA) is 64.7 Å². The molecular formula is C12H6N4O. The predicted octanol–water partition coefficient (Wildman–Crippen LogP) is 2.32. The molecule has 0 saturated heterocycles. The van der Waals surface area contributed by atoms with Gasteiger partial charge in [-0.05, 0) is 12.1 Å². The fourth-order valence-corrected chi connectivity index (χ4v) is 1.91. The molecule has 80 valence electrons. The van der Waals surface area contributed by atoms with Gasteiger partial charge in [0.25, 0.3) is 0 Å². The fraction of sp³-hybridized carbons (Fsp3) is 0. The van der Waals surface area contributed by atoms with Gasteiger partial charge in [0.2, 0.25) is 5.71 Å². The molecule has 5 nitrogen and oxygen atoms in total. The van der Waals surface area contributed by atoms with Gasteiger partial charge < -0.3 is 4.42 Å². The summed E-state index contributed by atoms with van der Waals surface area (Å²) < 4.78 is 5.60. The average molecular weight is 222 g/mol. The molecule has 0 aliphatic carbocycles. The number of hydrogen-bond acceptors (Lipinski definition) is 5. The van der Waals surface area contributed by atoms with Crippen LogP contribution in [0.1, 0.15) is 0 Å². The lowest BCUT2D eigenvalue weighted by atomic mass is 10.2. The summed E-state index contributed by atoms with van der Waals surface area (Å²) in [7, 11) is 0. The Hall–Kier alpha value is -2.56. The van der Waals surface area contributed by atoms with Gasteiger partial charge >= 0.3 is 0 Å². The third-order valence-corrected chi connectivity index (χ3v) is 2.68. The summed E-state index contributed by atoms with van der Waals surface area (Å²) in [5.41, 5.74) is 3.46. The fourth-order valence-electron chi connectivity index (χ4n) is 1.91. The molecular weight excluding hydrogens is 216 g/mol. The van der Waals surface area contributed by atoms with Crippen LogP contribution < -0.4 is 0 Å². The lowest BCUT2D eigenvalue weighted by Crippen LogP contribution is -1.82. The maximum absolute atomic E-state index is 5.60. The highest BCUT2D eigenvalue weighted by atomic mass is 16.3. The first kappa shape index (κ1) is 8.58. The van der Waals surface area contributed by atoms with E-state index in [4.69, 9.17) is 4.42 Å². The molecule has 0 amide bonds. The minimum atomic E-state index is 0.512. The van der Waals surface area contributed by atoms with Crippen LogP contribution in [0.2, 0.25) is 0 Å². The standard InChI is InChI=1S/C12H6N4O/c1-2-13-6-8-7(1)5-9-10(16-8)11-12(17-9)15-4-3-14-11/h1-6H. The van der Waals surface area contributed by atoms with Crippen LogP contribution in [0.25, 0.3) is 33.2 Å². The molecule has 4 heterocycles. The summed E-state index contributed by atoms with van der Waals surface area (Å²) in [4.78, 5) is 16.9. The first-order valence-electron chi connectivity index (χ1n) is 5.16. The van der Waals surface area contributed by atoms with Gasteiger partial charge in [-0.1, -0.05) is 0 Å². The number of furan rings is 1. The van der Waals surface area contributed by atoms with Gasteiger partial charge in [0.15, 0.2) is 11.1 Å². The van der Waals surface area contributed by atoms with Crippen LogP contribution in [0.4, 0.5) is 0 Å². The zero-order valence-electron chi connectivity index (χ0n) is 8.66. The molecule has 0 N–H and O–H groups in total. The van der Waals surface area contributed by atoms with Crippen molar-refractivity contribution in [2.75, 3.05) is 0 Å². The molecule has 4 rings (SSSR count). The Kier molecular flexibility index (Phi) is 1.50. The minimum Gasteiger partial charge on any atom is -0.435 e. The zero-order valence-corrected chi connectivity index (χ0v) is 8.66. The minimum absolute atomic E-state index is 0.512. The molecule has 0 radical (unpaired) electrons. The largest absolute Gasteiger partial charge is 0.435 e. The predicted molar refractivity (Wildman–Crippen MR) is 62.4 cm³/mol. The zero-order chi connectivity index (χ0) is 11.2. The van der Waals surface area contributed by atoms with Gasteiger partial charge in [-0.25, -0.2) is 15.0 Å². The molecule has 4 aromatic heterocycles. The van der Waals surface area contributed by atoms with Crippen molar-refractivity contribution < 1.29 is 4.42 Å². The highest BCUT2D eigenvalue weighted by Crippen LogP contribution is 2.26. The summed E-state index contributed by atoms with van der Waals surface area (Å²) in [6.07, 6.45) is 6.69. The summed E-state index contributed by atoms with van der Waals surface area (Å²) in [5, 5.41) is 0.992. The van der Waals surface area contributed by atoms with Gasteiger partial charge in [-0.3, -0.25) is 4.98 Å². The Morgan fingerprint density at radius 1 is 1.00 bits per heavy atom. The van der Waals surface area contributed by atoms with Gasteiger partial charge in [-0.15, -0.1) is 0 Å². The summed E-state index contributed by atoms with van der Waals surface area (Å²) in [6.45, 7) is 0. The molecule has 17 heavy (non-hydrogen) atoms. The van der Waals surface area contributed by atoms with Crippen molar-refractivity contribution in [3.63, 3.8) is 0 Å². The Labute approximate surface area is 95.1 Å². The smallest absolute Gasteiger partial charge is 0.247 e. The Morgan fingerprint density at radius 2 is 1.94 bits per heavy atom. The van der Waals surface area contributed by atoms with Crippen LogP contribution >= 0.6 is 0 Å². The van der Waals surface area contributed by atoms with Crippen LogP contribution in [0.3, 0.4) is 0 Å². The highest BCUT2D eigenvalue weighted by Gasteiger charge is 2.11. The van der Waals surface area contributed by atoms with E-state index in [0.717, 1.165) is 16.4 Å². The van der Waals surface area contributed by atoms with E-state index < -0.39 is 0 Å². The number of rotatable bonds is 0. The van der Waals surface area contributed by atoms with Crippen molar-refractivity contribution in [1.82, 2.24) is 19.9 Å². The second-order valence-corrected chi connectivity index (χ2v) is 3.72. The van der Waals surface area contributed by atoms with Gasteiger partial charge in [-0.2, -0.15) is 0 Å². The molecule has 0 atom stereocenters. The third-order valence-electron chi connectivity index (χ3n) is 2.68. The van der Waals surface area contributed by atoms with E-state index in [1.807, 2.05) is 12.1 Å². The van der Waals surface area contributed by atoms with E-state index in [1.165, 1.54) is 0 Å². The highest BCUT2D eigenvalue weighted by molar-refractivity contribution is 6.02. The summed E-state index contributed by atoms with van der Waals surface area (Å²) >= 11 is 0. The molecule has 0 bridgehead atoms. The Balaban J connectivity index is 2.28. The molecule has 0 aromatic carbocycles. The number of pyridine rings is 2. The lowest BCUT2D eigenvalue weighted by molar-refractivity contribution is 0.653. The van der Waals surface area contributed by atoms with Crippen molar-refractivity contribution in [1.29, 1.82) is 0 Å². The van der Waals surface area contributed by atoms with E-state index in [-0.39, 0.29) is 0 Å².